The number of amides is 1. The van der Waals surface area contributed by atoms with Gasteiger partial charge in [-0.05, 0) is 52.1 Å². The molecule has 0 spiro atoms. The number of halogens is 2. The molecule has 0 bridgehead atoms. The van der Waals surface area contributed by atoms with Gasteiger partial charge in [-0.2, -0.15) is 10.1 Å². The van der Waals surface area contributed by atoms with E-state index >= 15 is 0 Å². The number of rotatable bonds is 13. The van der Waals surface area contributed by atoms with Crippen LogP contribution in [0.4, 0.5) is 4.39 Å². The number of piperazine rings is 1. The summed E-state index contributed by atoms with van der Waals surface area (Å²) in [4.78, 5) is 36.2. The molecule has 1 amide bonds. The van der Waals surface area contributed by atoms with Gasteiger partial charge in [0.15, 0.2) is 5.16 Å². The van der Waals surface area contributed by atoms with E-state index in [0.29, 0.717) is 41.0 Å². The fourth-order valence-corrected chi connectivity index (χ4v) is 6.83. The van der Waals surface area contributed by atoms with Crippen LogP contribution in [0.2, 0.25) is 5.02 Å². The SMILES string of the molecule is Cn1cc(Cc2cn(CC(=O)N(CCN3CCNCC3)Cc3ccc(-c4ccc(Cl)cc4)cc3)c(SCc3ccc(F)cc3)nc2=O)cn1. The van der Waals surface area contributed by atoms with Crippen LogP contribution in [0.1, 0.15) is 22.3 Å². The van der Waals surface area contributed by atoms with Gasteiger partial charge in [0.05, 0.1) is 6.20 Å². The van der Waals surface area contributed by atoms with Gasteiger partial charge >= 0.3 is 0 Å². The predicted molar refractivity (Wildman–Crippen MR) is 192 cm³/mol. The molecule has 3 heterocycles. The third-order valence-electron chi connectivity index (χ3n) is 8.52. The Kier molecular flexibility index (Phi) is 11.6. The first-order valence-corrected chi connectivity index (χ1v) is 17.7. The molecule has 49 heavy (non-hydrogen) atoms. The second kappa shape index (κ2) is 16.4. The quantitative estimate of drug-likeness (QED) is 0.133. The standard InChI is InChI=1S/C37H39ClFN7O2S/c1-43-22-29(21-41-43)20-32-24-46(37(42-36(32)48)49-26-28-4-12-34(39)13-5-28)25-35(47)45(19-18-44-16-14-40-15-17-44)23-27-2-6-30(7-3-27)31-8-10-33(38)11-9-31/h2-13,21-22,24,40H,14-20,23,25-26H2,1H3. The van der Waals surface area contributed by atoms with E-state index < -0.39 is 0 Å². The average Bonchev–Trinajstić information content (AvgIpc) is 3.53. The molecule has 0 saturated carbocycles. The second-order valence-electron chi connectivity index (χ2n) is 12.2. The molecule has 0 radical (unpaired) electrons. The van der Waals surface area contributed by atoms with Gasteiger partial charge in [0, 0.05) is 88.0 Å². The molecule has 12 heteroatoms. The molecule has 1 saturated heterocycles. The molecular formula is C37H39ClFN7O2S. The van der Waals surface area contributed by atoms with E-state index in [4.69, 9.17) is 11.6 Å². The van der Waals surface area contributed by atoms with Crippen molar-refractivity contribution in [2.24, 2.45) is 7.05 Å². The zero-order chi connectivity index (χ0) is 34.2. The highest BCUT2D eigenvalue weighted by Gasteiger charge is 2.20. The molecule has 0 atom stereocenters. The van der Waals surface area contributed by atoms with Crippen LogP contribution in [0.15, 0.2) is 101 Å². The fraction of sp³-hybridized carbons (Fsp3) is 0.297. The van der Waals surface area contributed by atoms with Crippen molar-refractivity contribution >= 4 is 29.3 Å². The Hall–Kier alpha value is -4.29. The van der Waals surface area contributed by atoms with Crippen LogP contribution in [-0.4, -0.2) is 74.3 Å². The highest BCUT2D eigenvalue weighted by atomic mass is 35.5. The number of aryl methyl sites for hydroxylation is 1. The monoisotopic (exact) mass is 699 g/mol. The highest BCUT2D eigenvalue weighted by molar-refractivity contribution is 7.98. The Labute approximate surface area is 294 Å². The molecule has 0 unspecified atom stereocenters. The summed E-state index contributed by atoms with van der Waals surface area (Å²) in [7, 11) is 1.83. The van der Waals surface area contributed by atoms with E-state index in [1.54, 1.807) is 33.8 Å². The van der Waals surface area contributed by atoms with Crippen LogP contribution in [0.3, 0.4) is 0 Å². The first-order valence-electron chi connectivity index (χ1n) is 16.3. The topological polar surface area (TPSA) is 88.3 Å². The van der Waals surface area contributed by atoms with Crippen molar-refractivity contribution in [2.45, 2.75) is 30.4 Å². The number of benzene rings is 3. The van der Waals surface area contributed by atoms with Gasteiger partial charge in [0.1, 0.15) is 12.4 Å². The van der Waals surface area contributed by atoms with Crippen molar-refractivity contribution in [1.29, 1.82) is 0 Å². The highest BCUT2D eigenvalue weighted by Crippen LogP contribution is 2.24. The maximum absolute atomic E-state index is 14.2. The Morgan fingerprint density at radius 3 is 2.29 bits per heavy atom. The van der Waals surface area contributed by atoms with Gasteiger partial charge in [-0.1, -0.05) is 71.9 Å². The number of hydrogen-bond donors (Lipinski definition) is 1. The summed E-state index contributed by atoms with van der Waals surface area (Å²) in [5.74, 6) is 0.0863. The summed E-state index contributed by atoms with van der Waals surface area (Å²) in [6.07, 6.45) is 5.69. The molecule has 2 aromatic heterocycles. The average molecular weight is 700 g/mol. The Bertz CT molecular complexity index is 1910. The van der Waals surface area contributed by atoms with Crippen LogP contribution in [0, 0.1) is 5.82 Å². The van der Waals surface area contributed by atoms with Crippen molar-refractivity contribution in [1.82, 2.24) is 34.4 Å². The van der Waals surface area contributed by atoms with Crippen LogP contribution in [-0.2, 0) is 37.1 Å². The lowest BCUT2D eigenvalue weighted by Gasteiger charge is -2.31. The molecule has 6 rings (SSSR count). The smallest absolute Gasteiger partial charge is 0.277 e. The Morgan fingerprint density at radius 2 is 1.61 bits per heavy atom. The summed E-state index contributed by atoms with van der Waals surface area (Å²) in [6.45, 7) is 5.51. The normalized spacial score (nSPS) is 13.4. The minimum atomic E-state index is -0.342. The van der Waals surface area contributed by atoms with E-state index in [-0.39, 0.29) is 23.8 Å². The van der Waals surface area contributed by atoms with Gasteiger partial charge in [-0.25, -0.2) is 4.39 Å². The number of hydrogen-bond acceptors (Lipinski definition) is 7. The third kappa shape index (κ3) is 9.66. The molecular weight excluding hydrogens is 661 g/mol. The molecule has 254 valence electrons. The summed E-state index contributed by atoms with van der Waals surface area (Å²) in [5, 5.41) is 8.75. The fourth-order valence-electron chi connectivity index (χ4n) is 5.78. The number of aromatic nitrogens is 4. The first kappa shape index (κ1) is 34.6. The molecule has 1 aliphatic heterocycles. The summed E-state index contributed by atoms with van der Waals surface area (Å²) < 4.78 is 17.0. The summed E-state index contributed by atoms with van der Waals surface area (Å²) >= 11 is 7.44. The van der Waals surface area contributed by atoms with Gasteiger partial charge in [0.25, 0.3) is 5.56 Å². The van der Waals surface area contributed by atoms with E-state index in [9.17, 15) is 14.0 Å². The van der Waals surface area contributed by atoms with Crippen molar-refractivity contribution < 1.29 is 9.18 Å². The summed E-state index contributed by atoms with van der Waals surface area (Å²) in [6, 6.07) is 22.2. The lowest BCUT2D eigenvalue weighted by Crippen LogP contribution is -2.47. The zero-order valence-corrected chi connectivity index (χ0v) is 29.0. The maximum Gasteiger partial charge on any atom is 0.277 e. The lowest BCUT2D eigenvalue weighted by atomic mass is 10.0. The number of nitrogens with one attached hydrogen (secondary N) is 1. The lowest BCUT2D eigenvalue weighted by molar-refractivity contribution is -0.132. The largest absolute Gasteiger partial charge is 0.336 e. The van der Waals surface area contributed by atoms with E-state index in [1.165, 1.54) is 23.9 Å². The number of carbonyl (C=O) groups is 1. The van der Waals surface area contributed by atoms with Gasteiger partial charge in [-0.15, -0.1) is 0 Å². The van der Waals surface area contributed by atoms with Crippen LogP contribution in [0.25, 0.3) is 11.1 Å². The predicted octanol–water partition coefficient (Wildman–Crippen LogP) is 5.25. The Balaban J connectivity index is 1.25. The second-order valence-corrected chi connectivity index (χ2v) is 13.6. The number of nitrogens with zero attached hydrogens (tertiary/aromatic N) is 6. The molecule has 3 aromatic carbocycles. The van der Waals surface area contributed by atoms with Crippen LogP contribution >= 0.6 is 23.4 Å². The summed E-state index contributed by atoms with van der Waals surface area (Å²) in [5.41, 5.74) is 5.07. The Morgan fingerprint density at radius 1 is 0.939 bits per heavy atom. The van der Waals surface area contributed by atoms with Crippen molar-refractivity contribution in [3.05, 3.63) is 135 Å². The number of carbonyl (C=O) groups excluding carboxylic acids is 1. The maximum atomic E-state index is 14.2. The van der Waals surface area contributed by atoms with Crippen molar-refractivity contribution in [3.8, 4) is 11.1 Å². The molecule has 1 fully saturated rings. The zero-order valence-electron chi connectivity index (χ0n) is 27.4. The van der Waals surface area contributed by atoms with Crippen LogP contribution in [0.5, 0.6) is 0 Å². The van der Waals surface area contributed by atoms with Crippen molar-refractivity contribution in [3.63, 3.8) is 0 Å². The van der Waals surface area contributed by atoms with Crippen LogP contribution < -0.4 is 10.9 Å². The molecule has 9 nitrogen and oxygen atoms in total. The minimum Gasteiger partial charge on any atom is -0.336 e. The molecule has 0 aliphatic carbocycles. The third-order valence-corrected chi connectivity index (χ3v) is 9.84. The molecule has 5 aromatic rings. The molecule has 1 N–H and O–H groups in total. The number of thioether (sulfide) groups is 1. The van der Waals surface area contributed by atoms with Gasteiger partial charge < -0.3 is 14.8 Å². The molecule has 1 aliphatic rings. The van der Waals surface area contributed by atoms with E-state index in [2.05, 4.69) is 44.6 Å². The van der Waals surface area contributed by atoms with Gasteiger partial charge in [0.2, 0.25) is 5.91 Å². The first-order chi connectivity index (χ1) is 23.8. The van der Waals surface area contributed by atoms with E-state index in [0.717, 1.165) is 60.5 Å². The van der Waals surface area contributed by atoms with Crippen molar-refractivity contribution in [2.75, 3.05) is 39.3 Å². The van der Waals surface area contributed by atoms with Gasteiger partial charge in [-0.3, -0.25) is 19.2 Å². The van der Waals surface area contributed by atoms with E-state index in [1.807, 2.05) is 42.4 Å². The minimum absolute atomic E-state index is 0.0173.